The summed E-state index contributed by atoms with van der Waals surface area (Å²) in [4.78, 5) is 16.6. The summed E-state index contributed by atoms with van der Waals surface area (Å²) >= 11 is 3.10. The van der Waals surface area contributed by atoms with Crippen molar-refractivity contribution < 1.29 is 9.47 Å². The zero-order chi connectivity index (χ0) is 19.9. The number of benzene rings is 1. The molecule has 0 aliphatic heterocycles. The van der Waals surface area contributed by atoms with Crippen molar-refractivity contribution in [3.63, 3.8) is 0 Å². The van der Waals surface area contributed by atoms with Gasteiger partial charge in [0.2, 0.25) is 0 Å². The highest BCUT2D eigenvalue weighted by molar-refractivity contribution is 7.98. The van der Waals surface area contributed by atoms with Crippen molar-refractivity contribution in [1.82, 2.24) is 19.7 Å². The predicted octanol–water partition coefficient (Wildman–Crippen LogP) is 4.19. The Hall–Kier alpha value is -2.26. The van der Waals surface area contributed by atoms with Crippen LogP contribution in [0.4, 0.5) is 0 Å². The van der Waals surface area contributed by atoms with E-state index in [4.69, 9.17) is 14.5 Å². The minimum absolute atomic E-state index is 0.156. The first-order valence-corrected chi connectivity index (χ1v) is 11.1. The monoisotopic (exact) mass is 420 g/mol. The minimum Gasteiger partial charge on any atom is -0.493 e. The Kier molecular flexibility index (Phi) is 7.16. The molecule has 0 aliphatic carbocycles. The lowest BCUT2D eigenvalue weighted by atomic mass is 10.2. The zero-order valence-corrected chi connectivity index (χ0v) is 17.9. The van der Waals surface area contributed by atoms with Crippen LogP contribution in [0.15, 0.2) is 33.5 Å². The maximum Gasteiger partial charge on any atom is 0.343 e. The second kappa shape index (κ2) is 9.79. The van der Waals surface area contributed by atoms with Crippen LogP contribution in [0.2, 0.25) is 0 Å². The number of nitrogens with zero attached hydrogens (tertiary/aromatic N) is 3. The molecule has 1 aromatic carbocycles. The van der Waals surface area contributed by atoms with Crippen LogP contribution >= 0.6 is 23.1 Å². The Morgan fingerprint density at radius 3 is 2.89 bits per heavy atom. The summed E-state index contributed by atoms with van der Waals surface area (Å²) in [7, 11) is 1.63. The molecule has 7 nitrogen and oxygen atoms in total. The van der Waals surface area contributed by atoms with Crippen molar-refractivity contribution in [3.05, 3.63) is 39.8 Å². The highest BCUT2D eigenvalue weighted by Gasteiger charge is 2.12. The number of H-pyrrole nitrogens is 1. The van der Waals surface area contributed by atoms with Gasteiger partial charge in [0.1, 0.15) is 5.01 Å². The fourth-order valence-corrected chi connectivity index (χ4v) is 4.43. The quantitative estimate of drug-likeness (QED) is 0.495. The number of aromatic nitrogens is 4. The number of nitrogens with one attached hydrogen (secondary N) is 1. The summed E-state index contributed by atoms with van der Waals surface area (Å²) in [6.45, 7) is 5.32. The van der Waals surface area contributed by atoms with Gasteiger partial charge in [-0.05, 0) is 31.5 Å². The van der Waals surface area contributed by atoms with E-state index in [0.717, 1.165) is 34.9 Å². The minimum atomic E-state index is -0.156. The number of aromatic amines is 1. The van der Waals surface area contributed by atoms with Crippen molar-refractivity contribution in [1.29, 1.82) is 0 Å². The Morgan fingerprint density at radius 1 is 1.29 bits per heavy atom. The average molecular weight is 421 g/mol. The number of ether oxygens (including phenoxy) is 2. The molecule has 9 heteroatoms. The third-order valence-corrected chi connectivity index (χ3v) is 6.02. The first kappa shape index (κ1) is 20.5. The predicted molar refractivity (Wildman–Crippen MR) is 113 cm³/mol. The number of hydrogen-bond acceptors (Lipinski definition) is 7. The van der Waals surface area contributed by atoms with Crippen molar-refractivity contribution >= 4 is 23.1 Å². The van der Waals surface area contributed by atoms with Crippen LogP contribution < -0.4 is 15.2 Å². The van der Waals surface area contributed by atoms with E-state index in [1.54, 1.807) is 23.0 Å². The van der Waals surface area contributed by atoms with E-state index in [1.807, 2.05) is 30.5 Å². The van der Waals surface area contributed by atoms with E-state index < -0.39 is 0 Å². The molecule has 0 unspecified atom stereocenters. The molecule has 28 heavy (non-hydrogen) atoms. The van der Waals surface area contributed by atoms with Gasteiger partial charge in [-0.3, -0.25) is 4.57 Å². The molecule has 2 aromatic heterocycles. The van der Waals surface area contributed by atoms with Crippen molar-refractivity contribution in [2.75, 3.05) is 13.7 Å². The molecule has 150 valence electrons. The van der Waals surface area contributed by atoms with E-state index >= 15 is 0 Å². The molecular weight excluding hydrogens is 396 g/mol. The van der Waals surface area contributed by atoms with Gasteiger partial charge in [0.15, 0.2) is 16.7 Å². The molecule has 0 spiro atoms. The number of hydrogen-bond donors (Lipinski definition) is 1. The lowest BCUT2D eigenvalue weighted by molar-refractivity contribution is 0.311. The molecule has 0 bridgehead atoms. The van der Waals surface area contributed by atoms with Crippen LogP contribution in [0.25, 0.3) is 10.6 Å². The van der Waals surface area contributed by atoms with Gasteiger partial charge in [-0.15, -0.1) is 16.4 Å². The van der Waals surface area contributed by atoms with Crippen LogP contribution in [0.3, 0.4) is 0 Å². The van der Waals surface area contributed by atoms with Crippen molar-refractivity contribution in [2.24, 2.45) is 0 Å². The summed E-state index contributed by atoms with van der Waals surface area (Å²) < 4.78 is 12.7. The Morgan fingerprint density at radius 2 is 2.14 bits per heavy atom. The van der Waals surface area contributed by atoms with E-state index in [2.05, 4.69) is 17.1 Å². The van der Waals surface area contributed by atoms with Crippen LogP contribution in [-0.4, -0.2) is 33.5 Å². The molecule has 1 N–H and O–H groups in total. The van der Waals surface area contributed by atoms with E-state index in [1.165, 1.54) is 11.8 Å². The second-order valence-corrected chi connectivity index (χ2v) is 7.85. The van der Waals surface area contributed by atoms with E-state index in [0.29, 0.717) is 29.8 Å². The van der Waals surface area contributed by atoms with Gasteiger partial charge < -0.3 is 9.47 Å². The number of rotatable bonds is 10. The summed E-state index contributed by atoms with van der Waals surface area (Å²) in [5.74, 6) is 2.08. The lowest BCUT2D eigenvalue weighted by Crippen LogP contribution is -2.17. The largest absolute Gasteiger partial charge is 0.493 e. The molecular formula is C19H24N4O3S2. The average Bonchev–Trinajstić information content (AvgIpc) is 3.32. The second-order valence-electron chi connectivity index (χ2n) is 6.05. The van der Waals surface area contributed by atoms with Crippen LogP contribution in [-0.2, 0) is 12.3 Å². The Labute approximate surface area is 172 Å². The topological polar surface area (TPSA) is 82.0 Å². The van der Waals surface area contributed by atoms with Crippen LogP contribution in [0.1, 0.15) is 32.4 Å². The number of methoxy groups -OCH3 is 1. The molecule has 2 heterocycles. The number of thioether (sulfide) groups is 1. The van der Waals surface area contributed by atoms with Gasteiger partial charge in [-0.2, -0.15) is 0 Å². The highest BCUT2D eigenvalue weighted by atomic mass is 32.2. The van der Waals surface area contributed by atoms with Gasteiger partial charge in [0.25, 0.3) is 0 Å². The first-order valence-electron chi connectivity index (χ1n) is 9.19. The third kappa shape index (κ3) is 4.77. The molecule has 0 aliphatic rings. The standard InChI is InChI=1S/C19H24N4O3S2/c1-4-6-9-23-18(24)21-22-19(23)28-12-14-11-27-17(20-14)13-7-8-15(26-5-2)16(10-13)25-3/h7-8,10-11H,4-6,9,12H2,1-3H3,(H,21,24). The molecule has 0 saturated carbocycles. The highest BCUT2D eigenvalue weighted by Crippen LogP contribution is 2.34. The van der Waals surface area contributed by atoms with Gasteiger partial charge in [0, 0.05) is 23.2 Å². The molecule has 0 radical (unpaired) electrons. The fourth-order valence-electron chi connectivity index (χ4n) is 2.65. The van der Waals surface area contributed by atoms with Crippen LogP contribution in [0, 0.1) is 0 Å². The molecule has 0 amide bonds. The van der Waals surface area contributed by atoms with Crippen molar-refractivity contribution in [2.45, 2.75) is 44.1 Å². The summed E-state index contributed by atoms with van der Waals surface area (Å²) in [6, 6.07) is 5.83. The van der Waals surface area contributed by atoms with Crippen LogP contribution in [0.5, 0.6) is 11.5 Å². The van der Waals surface area contributed by atoms with E-state index in [-0.39, 0.29) is 5.69 Å². The van der Waals surface area contributed by atoms with Gasteiger partial charge in [0.05, 0.1) is 19.4 Å². The molecule has 0 saturated heterocycles. The first-order chi connectivity index (χ1) is 13.7. The normalized spacial score (nSPS) is 11.0. The zero-order valence-electron chi connectivity index (χ0n) is 16.2. The maximum atomic E-state index is 11.9. The lowest BCUT2D eigenvalue weighted by Gasteiger charge is -2.09. The third-order valence-electron chi connectivity index (χ3n) is 4.07. The number of unbranched alkanes of at least 4 members (excludes halogenated alkanes) is 1. The fraction of sp³-hybridized carbons (Fsp3) is 0.421. The summed E-state index contributed by atoms with van der Waals surface area (Å²) in [5.41, 5.74) is 1.79. The molecule has 0 atom stereocenters. The SMILES string of the molecule is CCCCn1c(SCc2csc(-c3ccc(OCC)c(OC)c3)n2)n[nH]c1=O. The van der Waals surface area contributed by atoms with Gasteiger partial charge >= 0.3 is 5.69 Å². The molecule has 0 fully saturated rings. The van der Waals surface area contributed by atoms with Crippen molar-refractivity contribution in [3.8, 4) is 22.1 Å². The van der Waals surface area contributed by atoms with Gasteiger partial charge in [-0.1, -0.05) is 25.1 Å². The summed E-state index contributed by atoms with van der Waals surface area (Å²) in [6.07, 6.45) is 1.98. The molecule has 3 rings (SSSR count). The van der Waals surface area contributed by atoms with E-state index in [9.17, 15) is 4.79 Å². The van der Waals surface area contributed by atoms with Gasteiger partial charge in [-0.25, -0.2) is 14.9 Å². The molecule has 3 aromatic rings. The summed E-state index contributed by atoms with van der Waals surface area (Å²) in [5, 5.41) is 10.3. The Bertz CT molecular complexity index is 964. The smallest absolute Gasteiger partial charge is 0.343 e. The number of thiazole rings is 1. The maximum absolute atomic E-state index is 11.9. The Balaban J connectivity index is 1.71.